The number of halogens is 1. The summed E-state index contributed by atoms with van der Waals surface area (Å²) < 4.78 is 4.55. The van der Waals surface area contributed by atoms with Gasteiger partial charge in [0.25, 0.3) is 0 Å². The number of aromatic nitrogens is 2. The molecule has 20 heavy (non-hydrogen) atoms. The monoisotopic (exact) mass is 289 g/mol. The van der Waals surface area contributed by atoms with Gasteiger partial charge in [-0.1, -0.05) is 23.7 Å². The first-order valence-corrected chi connectivity index (χ1v) is 6.16. The minimum absolute atomic E-state index is 0.0706. The van der Waals surface area contributed by atoms with Gasteiger partial charge < -0.3 is 0 Å². The number of hydrogen-bond donors (Lipinski definition) is 0. The van der Waals surface area contributed by atoms with Gasteiger partial charge in [0.2, 0.25) is 5.52 Å². The summed E-state index contributed by atoms with van der Waals surface area (Å²) in [7, 11) is 0. The van der Waals surface area contributed by atoms with Gasteiger partial charge >= 0.3 is 5.69 Å². The quantitative estimate of drug-likeness (QED) is 0.545. The number of rotatable bonds is 3. The molecule has 0 bridgehead atoms. The van der Waals surface area contributed by atoms with Crippen molar-refractivity contribution in [3.05, 3.63) is 62.7 Å². The van der Waals surface area contributed by atoms with Crippen molar-refractivity contribution >= 4 is 28.3 Å². The first-order chi connectivity index (χ1) is 9.65. The average molecular weight is 290 g/mol. The predicted molar refractivity (Wildman–Crippen MR) is 72.7 cm³/mol. The molecule has 0 N–H and O–H groups in total. The molecular weight excluding hydrogens is 282 g/mol. The van der Waals surface area contributed by atoms with Gasteiger partial charge in [0, 0.05) is 17.0 Å². The number of nitro groups is 1. The lowest BCUT2D eigenvalue weighted by molar-refractivity contribution is -0.383. The molecule has 3 aromatic rings. The van der Waals surface area contributed by atoms with Crippen LogP contribution < -0.4 is 0 Å². The molecule has 0 saturated heterocycles. The summed E-state index contributed by atoms with van der Waals surface area (Å²) in [6.07, 6.45) is 0.413. The Labute approximate surface area is 118 Å². The Balaban J connectivity index is 2.08. The topological polar surface area (TPSA) is 82.1 Å². The zero-order valence-electron chi connectivity index (χ0n) is 10.1. The summed E-state index contributed by atoms with van der Waals surface area (Å²) >= 11 is 5.82. The summed E-state index contributed by atoms with van der Waals surface area (Å²) in [4.78, 5) is 10.8. The van der Waals surface area contributed by atoms with Gasteiger partial charge in [-0.2, -0.15) is 0 Å². The fraction of sp³-hybridized carbons (Fsp3) is 0.0769. The van der Waals surface area contributed by atoms with Gasteiger partial charge in [-0.05, 0) is 40.1 Å². The summed E-state index contributed by atoms with van der Waals surface area (Å²) in [5.41, 5.74) is 1.95. The van der Waals surface area contributed by atoms with Crippen LogP contribution in [0.2, 0.25) is 5.02 Å². The van der Waals surface area contributed by atoms with Crippen molar-refractivity contribution in [3.63, 3.8) is 0 Å². The zero-order chi connectivity index (χ0) is 14.1. The number of benzene rings is 2. The molecule has 6 nitrogen and oxygen atoms in total. The minimum Gasteiger partial charge on any atom is -0.258 e. The fourth-order valence-electron chi connectivity index (χ4n) is 2.05. The predicted octanol–water partition coefficient (Wildman–Crippen LogP) is 3.38. The van der Waals surface area contributed by atoms with Gasteiger partial charge in [0.1, 0.15) is 5.52 Å². The van der Waals surface area contributed by atoms with Gasteiger partial charge in [0.15, 0.2) is 0 Å². The van der Waals surface area contributed by atoms with E-state index in [-0.39, 0.29) is 11.2 Å². The molecule has 0 unspecified atom stereocenters. The van der Waals surface area contributed by atoms with E-state index in [0.717, 1.165) is 5.56 Å². The van der Waals surface area contributed by atoms with Crippen LogP contribution in [-0.2, 0) is 6.42 Å². The maximum absolute atomic E-state index is 11.3. The molecule has 0 atom stereocenters. The summed E-state index contributed by atoms with van der Waals surface area (Å²) in [6.45, 7) is 0. The molecule has 1 heterocycles. The van der Waals surface area contributed by atoms with Gasteiger partial charge in [-0.3, -0.25) is 10.1 Å². The highest BCUT2D eigenvalue weighted by Crippen LogP contribution is 2.29. The first kappa shape index (κ1) is 12.6. The van der Waals surface area contributed by atoms with E-state index >= 15 is 0 Å². The van der Waals surface area contributed by atoms with Crippen LogP contribution in [0.25, 0.3) is 11.0 Å². The zero-order valence-corrected chi connectivity index (χ0v) is 10.9. The Morgan fingerprint density at radius 1 is 1.15 bits per heavy atom. The van der Waals surface area contributed by atoms with Crippen LogP contribution in [0.4, 0.5) is 5.69 Å². The third-order valence-corrected chi connectivity index (χ3v) is 3.23. The summed E-state index contributed by atoms with van der Waals surface area (Å²) in [6, 6.07) is 10.5. The van der Waals surface area contributed by atoms with Crippen LogP contribution >= 0.6 is 11.6 Å². The third-order valence-electron chi connectivity index (χ3n) is 2.98. The molecule has 0 radical (unpaired) electrons. The molecule has 3 rings (SSSR count). The van der Waals surface area contributed by atoms with Gasteiger partial charge in [-0.25, -0.2) is 4.63 Å². The second-order valence-corrected chi connectivity index (χ2v) is 4.70. The smallest absolute Gasteiger partial charge is 0.258 e. The van der Waals surface area contributed by atoms with Crippen LogP contribution in [-0.4, -0.2) is 15.2 Å². The van der Waals surface area contributed by atoms with Crippen LogP contribution in [0.3, 0.4) is 0 Å². The largest absolute Gasteiger partial charge is 0.304 e. The Morgan fingerprint density at radius 2 is 1.90 bits per heavy atom. The molecule has 1 aromatic heterocycles. The highest BCUT2D eigenvalue weighted by atomic mass is 35.5. The Kier molecular flexibility index (Phi) is 3.08. The molecule has 0 aliphatic heterocycles. The Morgan fingerprint density at radius 3 is 2.60 bits per heavy atom. The Bertz CT molecular complexity index is 783. The number of nitro benzene ring substituents is 1. The number of fused-ring (bicyclic) bond motifs is 1. The first-order valence-electron chi connectivity index (χ1n) is 5.78. The van der Waals surface area contributed by atoms with E-state index in [1.165, 1.54) is 0 Å². The maximum Gasteiger partial charge on any atom is 0.304 e. The molecule has 100 valence electrons. The van der Waals surface area contributed by atoms with Crippen LogP contribution in [0.1, 0.15) is 11.1 Å². The highest BCUT2D eigenvalue weighted by molar-refractivity contribution is 6.30. The standard InChI is InChI=1S/C13H8ClN3O3/c14-10-4-1-8(2-5-10)7-9-3-6-11-12(16-20-15-11)13(9)17(18)19/h1-6H,7H2. The number of hydrogen-bond acceptors (Lipinski definition) is 5. The van der Waals surface area contributed by atoms with Crippen LogP contribution in [0.15, 0.2) is 41.0 Å². The van der Waals surface area contributed by atoms with E-state index < -0.39 is 4.92 Å². The Hall–Kier alpha value is -2.47. The molecule has 0 aliphatic rings. The van der Waals surface area contributed by atoms with Crippen molar-refractivity contribution in [2.24, 2.45) is 0 Å². The second-order valence-electron chi connectivity index (χ2n) is 4.27. The van der Waals surface area contributed by atoms with E-state index in [2.05, 4.69) is 14.9 Å². The molecule has 0 spiro atoms. The molecule has 0 aliphatic carbocycles. The second kappa shape index (κ2) is 4.90. The van der Waals surface area contributed by atoms with Crippen molar-refractivity contribution in [1.82, 2.24) is 10.3 Å². The summed E-state index contributed by atoms with van der Waals surface area (Å²) in [5, 5.41) is 19.1. The van der Waals surface area contributed by atoms with Crippen molar-refractivity contribution in [1.29, 1.82) is 0 Å². The van der Waals surface area contributed by atoms with E-state index in [0.29, 0.717) is 22.5 Å². The third kappa shape index (κ3) is 2.21. The van der Waals surface area contributed by atoms with Crippen molar-refractivity contribution in [3.8, 4) is 0 Å². The molecular formula is C13H8ClN3O3. The lowest BCUT2D eigenvalue weighted by Gasteiger charge is -2.03. The lowest BCUT2D eigenvalue weighted by Crippen LogP contribution is -1.98. The van der Waals surface area contributed by atoms with Crippen molar-refractivity contribution in [2.75, 3.05) is 0 Å². The normalized spacial score (nSPS) is 10.8. The highest BCUT2D eigenvalue weighted by Gasteiger charge is 2.22. The number of nitrogens with zero attached hydrogens (tertiary/aromatic N) is 3. The van der Waals surface area contributed by atoms with E-state index in [1.54, 1.807) is 24.3 Å². The molecule has 2 aromatic carbocycles. The lowest BCUT2D eigenvalue weighted by atomic mass is 10.0. The molecule has 0 saturated carbocycles. The van der Waals surface area contributed by atoms with Gasteiger partial charge in [-0.15, -0.1) is 0 Å². The molecule has 0 fully saturated rings. The average Bonchev–Trinajstić information content (AvgIpc) is 2.89. The molecule has 0 amide bonds. The summed E-state index contributed by atoms with van der Waals surface area (Å²) in [5.74, 6) is 0. The maximum atomic E-state index is 11.3. The van der Waals surface area contributed by atoms with Crippen molar-refractivity contribution in [2.45, 2.75) is 6.42 Å². The van der Waals surface area contributed by atoms with E-state index in [4.69, 9.17) is 11.6 Å². The van der Waals surface area contributed by atoms with E-state index in [9.17, 15) is 10.1 Å². The molecule has 7 heteroatoms. The van der Waals surface area contributed by atoms with Crippen LogP contribution in [0, 0.1) is 10.1 Å². The minimum atomic E-state index is -0.461. The SMILES string of the molecule is O=[N+]([O-])c1c(Cc2ccc(Cl)cc2)ccc2nonc12. The van der Waals surface area contributed by atoms with Crippen molar-refractivity contribution < 1.29 is 9.55 Å². The fourth-order valence-corrected chi connectivity index (χ4v) is 2.17. The van der Waals surface area contributed by atoms with Crippen LogP contribution in [0.5, 0.6) is 0 Å². The van der Waals surface area contributed by atoms with Gasteiger partial charge in [0.05, 0.1) is 4.92 Å². The van der Waals surface area contributed by atoms with E-state index in [1.807, 2.05) is 12.1 Å².